The van der Waals surface area contributed by atoms with Crippen molar-refractivity contribution in [2.75, 3.05) is 13.1 Å². The first kappa shape index (κ1) is 16.4. The fourth-order valence-corrected chi connectivity index (χ4v) is 3.50. The van der Waals surface area contributed by atoms with Crippen molar-refractivity contribution in [3.63, 3.8) is 0 Å². The van der Waals surface area contributed by atoms with Gasteiger partial charge in [0, 0.05) is 43.4 Å². The molecule has 3 heterocycles. The average molecular weight is 348 g/mol. The summed E-state index contributed by atoms with van der Waals surface area (Å²) in [4.78, 5) is 23.0. The van der Waals surface area contributed by atoms with Gasteiger partial charge in [-0.05, 0) is 11.6 Å². The predicted octanol–water partition coefficient (Wildman–Crippen LogP) is 3.25. The molecule has 3 aromatic rings. The van der Waals surface area contributed by atoms with Crippen LogP contribution in [0.3, 0.4) is 0 Å². The summed E-state index contributed by atoms with van der Waals surface area (Å²) >= 11 is 0. The van der Waals surface area contributed by atoms with Crippen molar-refractivity contribution in [1.29, 1.82) is 0 Å². The molecule has 26 heavy (non-hydrogen) atoms. The Labute approximate surface area is 151 Å². The van der Waals surface area contributed by atoms with E-state index in [9.17, 15) is 4.79 Å². The Kier molecular flexibility index (Phi) is 4.48. The second kappa shape index (κ2) is 7.07. The van der Waals surface area contributed by atoms with E-state index in [0.29, 0.717) is 31.2 Å². The number of carbonyl (C=O) groups is 1. The summed E-state index contributed by atoms with van der Waals surface area (Å²) in [6, 6.07) is 13.7. The van der Waals surface area contributed by atoms with E-state index in [1.165, 1.54) is 0 Å². The Hall–Kier alpha value is -3.02. The molecule has 2 aromatic heterocycles. The molecular formula is C20H20N4O2. The molecule has 0 spiro atoms. The van der Waals surface area contributed by atoms with Crippen molar-refractivity contribution >= 4 is 5.91 Å². The monoisotopic (exact) mass is 348 g/mol. The second-order valence-corrected chi connectivity index (χ2v) is 6.47. The molecule has 0 saturated carbocycles. The molecule has 1 saturated heterocycles. The van der Waals surface area contributed by atoms with Gasteiger partial charge in [-0.1, -0.05) is 48.5 Å². The molecule has 0 unspecified atom stereocenters. The van der Waals surface area contributed by atoms with Gasteiger partial charge in [-0.25, -0.2) is 0 Å². The van der Waals surface area contributed by atoms with Gasteiger partial charge in [-0.3, -0.25) is 9.78 Å². The summed E-state index contributed by atoms with van der Waals surface area (Å²) in [5.74, 6) is 1.36. The predicted molar refractivity (Wildman–Crippen MR) is 96.3 cm³/mol. The number of amides is 1. The third kappa shape index (κ3) is 3.10. The van der Waals surface area contributed by atoms with Crippen LogP contribution in [0, 0.1) is 0 Å². The van der Waals surface area contributed by atoms with Crippen LogP contribution in [-0.4, -0.2) is 39.0 Å². The van der Waals surface area contributed by atoms with Crippen molar-refractivity contribution in [1.82, 2.24) is 20.0 Å². The number of nitrogens with zero attached hydrogens (tertiary/aromatic N) is 4. The molecule has 1 fully saturated rings. The maximum Gasteiger partial charge on any atom is 0.232 e. The van der Waals surface area contributed by atoms with E-state index in [4.69, 9.17) is 4.52 Å². The van der Waals surface area contributed by atoms with Gasteiger partial charge in [-0.15, -0.1) is 0 Å². The van der Waals surface area contributed by atoms with Crippen molar-refractivity contribution in [2.24, 2.45) is 0 Å². The van der Waals surface area contributed by atoms with E-state index in [0.717, 1.165) is 11.1 Å². The molecule has 132 valence electrons. The van der Waals surface area contributed by atoms with Crippen LogP contribution in [0.4, 0.5) is 0 Å². The van der Waals surface area contributed by atoms with Crippen LogP contribution >= 0.6 is 0 Å². The van der Waals surface area contributed by atoms with Crippen LogP contribution in [0.25, 0.3) is 11.4 Å². The standard InChI is InChI=1S/C20H20N4O2/c1-2-18(25)24-12-16(15-9-6-10-21-11-15)17(13-24)20-22-19(23-26-20)14-7-4-3-5-8-14/h3-11,16-17H,2,12-13H2,1H3/t16-,17+/m0/s1. The van der Waals surface area contributed by atoms with Crippen LogP contribution in [0.1, 0.15) is 36.6 Å². The smallest absolute Gasteiger partial charge is 0.232 e. The maximum absolute atomic E-state index is 12.2. The molecule has 1 aliphatic heterocycles. The Bertz CT molecular complexity index is 879. The fraction of sp³-hybridized carbons (Fsp3) is 0.300. The third-order valence-corrected chi connectivity index (χ3v) is 4.88. The molecule has 2 atom stereocenters. The lowest BCUT2D eigenvalue weighted by atomic mass is 9.90. The van der Waals surface area contributed by atoms with Gasteiger partial charge in [0.05, 0.1) is 5.92 Å². The Morgan fingerprint density at radius 2 is 1.96 bits per heavy atom. The van der Waals surface area contributed by atoms with Crippen LogP contribution in [-0.2, 0) is 4.79 Å². The van der Waals surface area contributed by atoms with E-state index in [1.54, 1.807) is 6.20 Å². The zero-order chi connectivity index (χ0) is 17.9. The van der Waals surface area contributed by atoms with Crippen molar-refractivity contribution in [2.45, 2.75) is 25.2 Å². The highest BCUT2D eigenvalue weighted by molar-refractivity contribution is 5.76. The molecule has 0 N–H and O–H groups in total. The number of benzene rings is 1. The van der Waals surface area contributed by atoms with E-state index in [2.05, 4.69) is 15.1 Å². The Balaban J connectivity index is 1.66. The van der Waals surface area contributed by atoms with Gasteiger partial charge in [0.15, 0.2) is 0 Å². The number of hydrogen-bond donors (Lipinski definition) is 0. The minimum Gasteiger partial charge on any atom is -0.341 e. The van der Waals surface area contributed by atoms with E-state index in [-0.39, 0.29) is 17.7 Å². The summed E-state index contributed by atoms with van der Waals surface area (Å²) in [6.07, 6.45) is 4.10. The normalized spacial score (nSPS) is 19.7. The third-order valence-electron chi connectivity index (χ3n) is 4.88. The van der Waals surface area contributed by atoms with E-state index >= 15 is 0 Å². The number of carbonyl (C=O) groups excluding carboxylic acids is 1. The summed E-state index contributed by atoms with van der Waals surface area (Å²) in [6.45, 7) is 3.11. The largest absolute Gasteiger partial charge is 0.341 e. The molecule has 1 aromatic carbocycles. The zero-order valence-corrected chi connectivity index (χ0v) is 14.6. The Morgan fingerprint density at radius 1 is 1.15 bits per heavy atom. The van der Waals surface area contributed by atoms with E-state index in [1.807, 2.05) is 60.5 Å². The first-order chi connectivity index (χ1) is 12.8. The highest BCUT2D eigenvalue weighted by Crippen LogP contribution is 2.39. The Morgan fingerprint density at radius 3 is 2.69 bits per heavy atom. The first-order valence-corrected chi connectivity index (χ1v) is 8.83. The van der Waals surface area contributed by atoms with Gasteiger partial charge >= 0.3 is 0 Å². The number of hydrogen-bond acceptors (Lipinski definition) is 5. The van der Waals surface area contributed by atoms with Crippen LogP contribution in [0.2, 0.25) is 0 Å². The van der Waals surface area contributed by atoms with Crippen molar-refractivity contribution < 1.29 is 9.32 Å². The summed E-state index contributed by atoms with van der Waals surface area (Å²) in [7, 11) is 0. The maximum atomic E-state index is 12.2. The van der Waals surface area contributed by atoms with Crippen LogP contribution in [0.5, 0.6) is 0 Å². The average Bonchev–Trinajstić information content (AvgIpc) is 3.36. The number of pyridine rings is 1. The molecule has 6 nitrogen and oxygen atoms in total. The summed E-state index contributed by atoms with van der Waals surface area (Å²) < 4.78 is 5.60. The highest BCUT2D eigenvalue weighted by Gasteiger charge is 2.40. The number of likely N-dealkylation sites (tertiary alicyclic amines) is 1. The second-order valence-electron chi connectivity index (χ2n) is 6.47. The summed E-state index contributed by atoms with van der Waals surface area (Å²) in [5.41, 5.74) is 2.00. The zero-order valence-electron chi connectivity index (χ0n) is 14.6. The fourth-order valence-electron chi connectivity index (χ4n) is 3.50. The summed E-state index contributed by atoms with van der Waals surface area (Å²) in [5, 5.41) is 4.14. The van der Waals surface area contributed by atoms with Gasteiger partial charge in [0.1, 0.15) is 0 Å². The molecule has 1 aliphatic rings. The molecule has 4 rings (SSSR count). The lowest BCUT2D eigenvalue weighted by molar-refractivity contribution is -0.129. The van der Waals surface area contributed by atoms with Crippen molar-refractivity contribution in [3.8, 4) is 11.4 Å². The van der Waals surface area contributed by atoms with Gasteiger partial charge in [0.25, 0.3) is 0 Å². The lowest BCUT2D eigenvalue weighted by Crippen LogP contribution is -2.27. The molecule has 6 heteroatoms. The molecule has 0 aliphatic carbocycles. The topological polar surface area (TPSA) is 72.1 Å². The lowest BCUT2D eigenvalue weighted by Gasteiger charge is -2.15. The van der Waals surface area contributed by atoms with E-state index < -0.39 is 0 Å². The molecule has 1 amide bonds. The SMILES string of the molecule is CCC(=O)N1C[C@@H](c2cccnc2)[C@H](c2nc(-c3ccccc3)no2)C1. The van der Waals surface area contributed by atoms with Crippen molar-refractivity contribution in [3.05, 3.63) is 66.3 Å². The number of aromatic nitrogens is 3. The van der Waals surface area contributed by atoms with Crippen LogP contribution in [0.15, 0.2) is 59.4 Å². The minimum absolute atomic E-state index is 0.0281. The first-order valence-electron chi connectivity index (χ1n) is 8.83. The molecule has 0 radical (unpaired) electrons. The minimum atomic E-state index is -0.0281. The van der Waals surface area contributed by atoms with Gasteiger partial charge in [-0.2, -0.15) is 4.98 Å². The van der Waals surface area contributed by atoms with Crippen LogP contribution < -0.4 is 0 Å². The van der Waals surface area contributed by atoms with Gasteiger partial charge in [0.2, 0.25) is 17.6 Å². The number of rotatable bonds is 4. The van der Waals surface area contributed by atoms with Gasteiger partial charge < -0.3 is 9.42 Å². The molecule has 0 bridgehead atoms. The highest BCUT2D eigenvalue weighted by atomic mass is 16.5. The molecular weight excluding hydrogens is 328 g/mol. The quantitative estimate of drug-likeness (QED) is 0.724.